The lowest BCUT2D eigenvalue weighted by atomic mass is 9.84. The Hall–Kier alpha value is -3.40. The Balaban J connectivity index is 1.80. The van der Waals surface area contributed by atoms with Crippen LogP contribution in [0.15, 0.2) is 17.1 Å². The molecule has 0 atom stereocenters. The molecule has 37 heavy (non-hydrogen) atoms. The van der Waals surface area contributed by atoms with E-state index in [1.807, 2.05) is 32.9 Å². The number of aromatic nitrogens is 4. The van der Waals surface area contributed by atoms with E-state index >= 15 is 0 Å². The molecule has 4 rings (SSSR count). The van der Waals surface area contributed by atoms with Gasteiger partial charge in [0, 0.05) is 42.4 Å². The molecule has 2 aromatic heterocycles. The molecule has 1 saturated heterocycles. The van der Waals surface area contributed by atoms with Gasteiger partial charge in [-0.25, -0.2) is 4.68 Å². The average Bonchev–Trinajstić information content (AvgIpc) is 3.23. The number of rotatable bonds is 7. The van der Waals surface area contributed by atoms with E-state index < -0.39 is 0 Å². The van der Waals surface area contributed by atoms with Crippen LogP contribution in [-0.4, -0.2) is 72.2 Å². The van der Waals surface area contributed by atoms with E-state index in [9.17, 15) is 4.79 Å². The molecule has 1 aliphatic rings. The molecule has 0 radical (unpaired) electrons. The van der Waals surface area contributed by atoms with Crippen molar-refractivity contribution in [3.8, 4) is 11.6 Å². The van der Waals surface area contributed by atoms with Gasteiger partial charge in [0.05, 0.1) is 32.6 Å². The van der Waals surface area contributed by atoms with Gasteiger partial charge in [0.25, 0.3) is 0 Å². The Kier molecular flexibility index (Phi) is 7.59. The highest BCUT2D eigenvalue weighted by Gasteiger charge is 2.27. The van der Waals surface area contributed by atoms with Crippen molar-refractivity contribution in [2.45, 2.75) is 53.5 Å². The molecule has 0 spiro atoms. The van der Waals surface area contributed by atoms with Crippen LogP contribution in [0.4, 0.5) is 5.69 Å². The number of carbonyl (C=O) groups excluding carboxylic acids is 1. The van der Waals surface area contributed by atoms with Crippen LogP contribution < -0.4 is 20.0 Å². The van der Waals surface area contributed by atoms with Crippen molar-refractivity contribution >= 4 is 17.1 Å². The number of fused-ring (bicyclic) bond motifs is 1. The van der Waals surface area contributed by atoms with Crippen molar-refractivity contribution in [3.63, 3.8) is 0 Å². The highest BCUT2D eigenvalue weighted by molar-refractivity contribution is 5.97. The van der Waals surface area contributed by atoms with Crippen molar-refractivity contribution in [2.75, 3.05) is 52.0 Å². The lowest BCUT2D eigenvalue weighted by molar-refractivity contribution is 0.0965. The van der Waals surface area contributed by atoms with Crippen molar-refractivity contribution in [3.05, 3.63) is 40.0 Å². The average molecular weight is 511 g/mol. The largest absolute Gasteiger partial charge is 0.494 e. The second kappa shape index (κ2) is 10.5. The van der Waals surface area contributed by atoms with Crippen molar-refractivity contribution in [2.24, 2.45) is 4.99 Å². The number of ketones is 1. The highest BCUT2D eigenvalue weighted by Crippen LogP contribution is 2.40. The number of aryl methyl sites for hydroxylation is 1. The molecule has 0 unspecified atom stereocenters. The second-order valence-electron chi connectivity index (χ2n) is 10.3. The molecule has 1 aromatic carbocycles. The molecule has 0 N–H and O–H groups in total. The Morgan fingerprint density at radius 2 is 1.84 bits per heavy atom. The molecule has 0 bridgehead atoms. The summed E-state index contributed by atoms with van der Waals surface area (Å²) in [4.78, 5) is 20.4. The van der Waals surface area contributed by atoms with Gasteiger partial charge in [-0.3, -0.25) is 9.79 Å². The summed E-state index contributed by atoms with van der Waals surface area (Å²) in [5.74, 6) is 1.27. The number of ether oxygens (including phenoxy) is 3. The van der Waals surface area contributed by atoms with Gasteiger partial charge in [-0.05, 0) is 38.3 Å². The molecule has 10 heteroatoms. The topological polar surface area (TPSA) is 95.5 Å². The van der Waals surface area contributed by atoms with Crippen LogP contribution in [0.5, 0.6) is 11.6 Å². The van der Waals surface area contributed by atoms with E-state index in [0.717, 1.165) is 41.2 Å². The molecule has 0 aliphatic carbocycles. The number of morpholine rings is 1. The molecule has 10 nitrogen and oxygen atoms in total. The maximum Gasteiger partial charge on any atom is 0.245 e. The first kappa shape index (κ1) is 26.7. The van der Waals surface area contributed by atoms with Crippen molar-refractivity contribution in [1.29, 1.82) is 0 Å². The van der Waals surface area contributed by atoms with Gasteiger partial charge in [0.1, 0.15) is 12.3 Å². The third-order valence-corrected chi connectivity index (χ3v) is 6.78. The van der Waals surface area contributed by atoms with Gasteiger partial charge >= 0.3 is 0 Å². The SMILES string of the molecule is CCOc1nn2c(=NC)n(CC(=O)c3cc(N4CCOCC4)c(OC)c(C(C)(C)C)c3)nc2c(C)c1C. The fourth-order valence-electron chi connectivity index (χ4n) is 4.63. The van der Waals surface area contributed by atoms with Gasteiger partial charge in [0.2, 0.25) is 11.5 Å². The second-order valence-corrected chi connectivity index (χ2v) is 10.3. The summed E-state index contributed by atoms with van der Waals surface area (Å²) in [6, 6.07) is 3.88. The van der Waals surface area contributed by atoms with Gasteiger partial charge in [-0.2, -0.15) is 4.52 Å². The molecule has 200 valence electrons. The fraction of sp³-hybridized carbons (Fsp3) is 0.556. The van der Waals surface area contributed by atoms with Crippen LogP contribution in [0.1, 0.15) is 54.7 Å². The van der Waals surface area contributed by atoms with Crippen molar-refractivity contribution in [1.82, 2.24) is 19.4 Å². The molecular formula is C27H38N6O4. The minimum Gasteiger partial charge on any atom is -0.494 e. The lowest BCUT2D eigenvalue weighted by Gasteiger charge is -2.33. The summed E-state index contributed by atoms with van der Waals surface area (Å²) >= 11 is 0. The molecule has 0 saturated carbocycles. The van der Waals surface area contributed by atoms with Crippen LogP contribution in [-0.2, 0) is 16.7 Å². The first-order valence-electron chi connectivity index (χ1n) is 12.7. The quantitative estimate of drug-likeness (QED) is 0.451. The highest BCUT2D eigenvalue weighted by atomic mass is 16.5. The maximum atomic E-state index is 13.8. The summed E-state index contributed by atoms with van der Waals surface area (Å²) < 4.78 is 20.4. The van der Waals surface area contributed by atoms with Crippen LogP contribution in [0.3, 0.4) is 0 Å². The van der Waals surface area contributed by atoms with Gasteiger partial charge in [0.15, 0.2) is 11.4 Å². The van der Waals surface area contributed by atoms with Crippen LogP contribution in [0.25, 0.3) is 5.65 Å². The molecule has 1 fully saturated rings. The fourth-order valence-corrected chi connectivity index (χ4v) is 4.63. The summed E-state index contributed by atoms with van der Waals surface area (Å²) in [5.41, 5.74) is 5.25. The number of anilines is 1. The van der Waals surface area contributed by atoms with Gasteiger partial charge in [-0.1, -0.05) is 20.8 Å². The summed E-state index contributed by atoms with van der Waals surface area (Å²) in [6.45, 7) is 15.5. The van der Waals surface area contributed by atoms with E-state index in [1.54, 1.807) is 23.4 Å². The Bertz CT molecular complexity index is 1380. The van der Waals surface area contributed by atoms with E-state index in [4.69, 9.17) is 19.3 Å². The summed E-state index contributed by atoms with van der Waals surface area (Å²) in [7, 11) is 3.36. The van der Waals surface area contributed by atoms with E-state index in [0.29, 0.717) is 42.5 Å². The Labute approximate surface area is 217 Å². The molecular weight excluding hydrogens is 472 g/mol. The molecule has 3 heterocycles. The molecule has 0 amide bonds. The van der Waals surface area contributed by atoms with Crippen LogP contribution >= 0.6 is 0 Å². The zero-order valence-corrected chi connectivity index (χ0v) is 23.2. The third kappa shape index (κ3) is 5.07. The number of hydrogen-bond acceptors (Lipinski definition) is 8. The van der Waals surface area contributed by atoms with Crippen LogP contribution in [0.2, 0.25) is 0 Å². The standard InChI is InChI=1S/C27H38N6O4/c1-9-37-25-18(3)17(2)24-29-32(26(28-7)33(24)30-25)16-22(34)19-14-20(27(4,5)6)23(35-8)21(15-19)31-10-12-36-13-11-31/h14-15H,9-13,16H2,1-8H3. The van der Waals surface area contributed by atoms with E-state index in [-0.39, 0.29) is 17.7 Å². The first-order valence-corrected chi connectivity index (χ1v) is 12.7. The molecule has 1 aliphatic heterocycles. The number of benzene rings is 1. The number of Topliss-reactive ketones (excluding diaryl/α,β-unsaturated/α-hetero) is 1. The van der Waals surface area contributed by atoms with E-state index in [2.05, 4.69) is 35.8 Å². The number of carbonyl (C=O) groups is 1. The first-order chi connectivity index (χ1) is 17.6. The van der Waals surface area contributed by atoms with Gasteiger partial charge in [-0.15, -0.1) is 10.2 Å². The zero-order chi connectivity index (χ0) is 26.9. The van der Waals surface area contributed by atoms with Crippen LogP contribution in [0, 0.1) is 13.8 Å². The minimum absolute atomic E-state index is 0.0248. The minimum atomic E-state index is -0.225. The molecule has 3 aromatic rings. The summed E-state index contributed by atoms with van der Waals surface area (Å²) in [5, 5.41) is 9.34. The predicted octanol–water partition coefficient (Wildman–Crippen LogP) is 3.10. The number of nitrogens with zero attached hydrogens (tertiary/aromatic N) is 6. The summed E-state index contributed by atoms with van der Waals surface area (Å²) in [6.07, 6.45) is 0. The van der Waals surface area contributed by atoms with Crippen molar-refractivity contribution < 1.29 is 19.0 Å². The Morgan fingerprint density at radius 1 is 1.14 bits per heavy atom. The number of methoxy groups -OCH3 is 1. The lowest BCUT2D eigenvalue weighted by Crippen LogP contribution is -2.37. The maximum absolute atomic E-state index is 13.8. The smallest absolute Gasteiger partial charge is 0.245 e. The van der Waals surface area contributed by atoms with Gasteiger partial charge < -0.3 is 19.1 Å². The predicted molar refractivity (Wildman–Crippen MR) is 142 cm³/mol. The number of hydrogen-bond donors (Lipinski definition) is 0. The normalized spacial score (nSPS) is 14.9. The third-order valence-electron chi connectivity index (χ3n) is 6.78. The van der Waals surface area contributed by atoms with E-state index in [1.165, 1.54) is 0 Å². The zero-order valence-electron chi connectivity index (χ0n) is 23.2. The monoisotopic (exact) mass is 510 g/mol. The Morgan fingerprint density at radius 3 is 2.43 bits per heavy atom.